The van der Waals surface area contributed by atoms with E-state index in [-0.39, 0.29) is 18.0 Å². The SMILES string of the molecule is CCCCNC(=O)Cn1c(=O)n(-c2ccc(C)c(C)c2)c(=O)c2ccccc21. The summed E-state index contributed by atoms with van der Waals surface area (Å²) in [6.07, 6.45) is 1.85. The molecule has 0 unspecified atom stereocenters. The van der Waals surface area contributed by atoms with Crippen LogP contribution in [0.3, 0.4) is 0 Å². The molecule has 28 heavy (non-hydrogen) atoms. The van der Waals surface area contributed by atoms with Crippen LogP contribution in [0.25, 0.3) is 16.6 Å². The first kappa shape index (κ1) is 19.6. The highest BCUT2D eigenvalue weighted by atomic mass is 16.2. The Hall–Kier alpha value is -3.15. The summed E-state index contributed by atoms with van der Waals surface area (Å²) in [5.41, 5.74) is 2.13. The Bertz CT molecular complexity index is 1140. The van der Waals surface area contributed by atoms with Crippen LogP contribution in [0, 0.1) is 13.8 Å². The van der Waals surface area contributed by atoms with Gasteiger partial charge in [-0.3, -0.25) is 14.2 Å². The number of carbonyl (C=O) groups excluding carboxylic acids is 1. The molecule has 146 valence electrons. The third kappa shape index (κ3) is 3.76. The minimum absolute atomic E-state index is 0.131. The van der Waals surface area contributed by atoms with Gasteiger partial charge in [-0.25, -0.2) is 9.36 Å². The topological polar surface area (TPSA) is 73.1 Å². The van der Waals surface area contributed by atoms with Crippen molar-refractivity contribution in [2.24, 2.45) is 0 Å². The molecule has 1 N–H and O–H groups in total. The highest BCUT2D eigenvalue weighted by molar-refractivity contribution is 5.81. The number of nitrogens with zero attached hydrogens (tertiary/aromatic N) is 2. The van der Waals surface area contributed by atoms with Crippen molar-refractivity contribution in [3.8, 4) is 5.69 Å². The fraction of sp³-hybridized carbons (Fsp3) is 0.318. The second kappa shape index (κ2) is 8.25. The summed E-state index contributed by atoms with van der Waals surface area (Å²) < 4.78 is 2.52. The molecule has 0 aliphatic rings. The number of amides is 1. The molecule has 0 aliphatic carbocycles. The van der Waals surface area contributed by atoms with Crippen molar-refractivity contribution in [3.05, 3.63) is 74.4 Å². The zero-order valence-corrected chi connectivity index (χ0v) is 16.5. The van der Waals surface area contributed by atoms with Gasteiger partial charge in [0, 0.05) is 6.54 Å². The standard InChI is InChI=1S/C22H25N3O3/c1-4-5-12-23-20(26)14-24-19-9-7-6-8-18(19)21(27)25(22(24)28)17-11-10-15(2)16(3)13-17/h6-11,13H,4-5,12,14H2,1-3H3,(H,23,26). The number of nitrogens with one attached hydrogen (secondary N) is 1. The lowest BCUT2D eigenvalue weighted by atomic mass is 10.1. The summed E-state index contributed by atoms with van der Waals surface area (Å²) in [7, 11) is 0. The molecule has 0 bridgehead atoms. The van der Waals surface area contributed by atoms with E-state index >= 15 is 0 Å². The van der Waals surface area contributed by atoms with Gasteiger partial charge in [-0.15, -0.1) is 0 Å². The van der Waals surface area contributed by atoms with Gasteiger partial charge in [-0.05, 0) is 55.7 Å². The van der Waals surface area contributed by atoms with Crippen LogP contribution in [0.5, 0.6) is 0 Å². The number of benzene rings is 2. The predicted octanol–water partition coefficient (Wildman–Crippen LogP) is 2.69. The fourth-order valence-electron chi connectivity index (χ4n) is 3.17. The third-order valence-electron chi connectivity index (χ3n) is 4.95. The van der Waals surface area contributed by atoms with Crippen molar-refractivity contribution in [1.82, 2.24) is 14.5 Å². The quantitative estimate of drug-likeness (QED) is 0.669. The van der Waals surface area contributed by atoms with Gasteiger partial charge in [0.05, 0.1) is 16.6 Å². The summed E-state index contributed by atoms with van der Waals surface area (Å²) in [5.74, 6) is -0.244. The zero-order chi connectivity index (χ0) is 20.3. The van der Waals surface area contributed by atoms with E-state index in [1.807, 2.05) is 32.9 Å². The second-order valence-corrected chi connectivity index (χ2v) is 7.00. The lowest BCUT2D eigenvalue weighted by molar-refractivity contribution is -0.121. The maximum atomic E-state index is 13.2. The van der Waals surface area contributed by atoms with Gasteiger partial charge in [-0.2, -0.15) is 0 Å². The largest absolute Gasteiger partial charge is 0.355 e. The van der Waals surface area contributed by atoms with E-state index in [4.69, 9.17) is 0 Å². The molecule has 1 amide bonds. The van der Waals surface area contributed by atoms with Crippen LogP contribution < -0.4 is 16.6 Å². The number of hydrogen-bond acceptors (Lipinski definition) is 3. The fourth-order valence-corrected chi connectivity index (χ4v) is 3.17. The second-order valence-electron chi connectivity index (χ2n) is 7.00. The molecule has 1 heterocycles. The van der Waals surface area contributed by atoms with Crippen molar-refractivity contribution in [2.45, 2.75) is 40.2 Å². The van der Waals surface area contributed by atoms with E-state index < -0.39 is 5.69 Å². The number of aryl methyl sites for hydroxylation is 2. The first-order chi connectivity index (χ1) is 13.4. The van der Waals surface area contributed by atoms with E-state index in [1.165, 1.54) is 4.57 Å². The normalized spacial score (nSPS) is 11.0. The number of carbonyl (C=O) groups is 1. The van der Waals surface area contributed by atoms with Crippen molar-refractivity contribution < 1.29 is 4.79 Å². The lowest BCUT2D eigenvalue weighted by Gasteiger charge is -2.15. The summed E-state index contributed by atoms with van der Waals surface area (Å²) >= 11 is 0. The number of hydrogen-bond donors (Lipinski definition) is 1. The highest BCUT2D eigenvalue weighted by Gasteiger charge is 2.16. The molecule has 0 fully saturated rings. The Morgan fingerprint density at radius 3 is 2.50 bits per heavy atom. The number of fused-ring (bicyclic) bond motifs is 1. The van der Waals surface area contributed by atoms with Crippen LogP contribution in [0.4, 0.5) is 0 Å². The predicted molar refractivity (Wildman–Crippen MR) is 111 cm³/mol. The van der Waals surface area contributed by atoms with Gasteiger partial charge < -0.3 is 5.32 Å². The number of para-hydroxylation sites is 1. The third-order valence-corrected chi connectivity index (χ3v) is 4.95. The summed E-state index contributed by atoms with van der Waals surface area (Å²) in [5, 5.41) is 3.23. The minimum atomic E-state index is -0.516. The van der Waals surface area contributed by atoms with Gasteiger partial charge in [0.1, 0.15) is 6.54 Å². The Morgan fingerprint density at radius 1 is 1.04 bits per heavy atom. The molecule has 0 spiro atoms. The Labute approximate surface area is 163 Å². The van der Waals surface area contributed by atoms with E-state index in [0.717, 1.165) is 28.5 Å². The smallest absolute Gasteiger partial charge is 0.336 e. The van der Waals surface area contributed by atoms with Gasteiger partial charge in [0.25, 0.3) is 5.56 Å². The van der Waals surface area contributed by atoms with E-state index in [1.54, 1.807) is 30.3 Å². The molecule has 0 atom stereocenters. The molecule has 0 saturated heterocycles. The maximum Gasteiger partial charge on any atom is 0.336 e. The van der Waals surface area contributed by atoms with E-state index in [0.29, 0.717) is 23.1 Å². The van der Waals surface area contributed by atoms with Gasteiger partial charge in [0.15, 0.2) is 0 Å². The van der Waals surface area contributed by atoms with Crippen LogP contribution in [0.15, 0.2) is 52.1 Å². The van der Waals surface area contributed by atoms with E-state index in [9.17, 15) is 14.4 Å². The summed E-state index contributed by atoms with van der Waals surface area (Å²) in [6.45, 7) is 6.39. The summed E-state index contributed by atoms with van der Waals surface area (Å²) in [6, 6.07) is 12.3. The monoisotopic (exact) mass is 379 g/mol. The van der Waals surface area contributed by atoms with Crippen molar-refractivity contribution >= 4 is 16.8 Å². The first-order valence-corrected chi connectivity index (χ1v) is 9.53. The van der Waals surface area contributed by atoms with Crippen LogP contribution in [-0.4, -0.2) is 21.6 Å². The van der Waals surface area contributed by atoms with Crippen LogP contribution >= 0.6 is 0 Å². The van der Waals surface area contributed by atoms with Crippen LogP contribution in [-0.2, 0) is 11.3 Å². The van der Waals surface area contributed by atoms with Crippen molar-refractivity contribution in [1.29, 1.82) is 0 Å². The Morgan fingerprint density at radius 2 is 1.79 bits per heavy atom. The lowest BCUT2D eigenvalue weighted by Crippen LogP contribution is -2.42. The first-order valence-electron chi connectivity index (χ1n) is 9.53. The van der Waals surface area contributed by atoms with Gasteiger partial charge in [0.2, 0.25) is 5.91 Å². The van der Waals surface area contributed by atoms with Gasteiger partial charge in [-0.1, -0.05) is 31.5 Å². The molecular weight excluding hydrogens is 354 g/mol. The molecule has 0 aliphatic heterocycles. The molecule has 0 radical (unpaired) electrons. The minimum Gasteiger partial charge on any atom is -0.355 e. The highest BCUT2D eigenvalue weighted by Crippen LogP contribution is 2.13. The molecule has 3 rings (SSSR count). The summed E-state index contributed by atoms with van der Waals surface area (Å²) in [4.78, 5) is 38.6. The number of rotatable bonds is 6. The van der Waals surface area contributed by atoms with E-state index in [2.05, 4.69) is 5.32 Å². The van der Waals surface area contributed by atoms with Crippen LogP contribution in [0.1, 0.15) is 30.9 Å². The molecule has 1 aromatic heterocycles. The molecular formula is C22H25N3O3. The zero-order valence-electron chi connectivity index (χ0n) is 16.5. The molecule has 0 saturated carbocycles. The Balaban J connectivity index is 2.18. The molecule has 6 heteroatoms. The molecule has 6 nitrogen and oxygen atoms in total. The number of aromatic nitrogens is 2. The maximum absolute atomic E-state index is 13.2. The van der Waals surface area contributed by atoms with Gasteiger partial charge >= 0.3 is 5.69 Å². The average molecular weight is 379 g/mol. The van der Waals surface area contributed by atoms with Crippen LogP contribution in [0.2, 0.25) is 0 Å². The Kier molecular flexibility index (Phi) is 5.78. The molecule has 3 aromatic rings. The molecule has 2 aromatic carbocycles. The van der Waals surface area contributed by atoms with Crippen molar-refractivity contribution in [3.63, 3.8) is 0 Å². The van der Waals surface area contributed by atoms with Crippen molar-refractivity contribution in [2.75, 3.05) is 6.54 Å². The average Bonchev–Trinajstić information content (AvgIpc) is 2.68. The number of unbranched alkanes of at least 4 members (excludes halogenated alkanes) is 1.